The van der Waals surface area contributed by atoms with Crippen molar-refractivity contribution in [3.63, 3.8) is 0 Å². The van der Waals surface area contributed by atoms with Gasteiger partial charge in [0.1, 0.15) is 0 Å². The molecule has 120 valence electrons. The number of amides is 1. The van der Waals surface area contributed by atoms with E-state index in [0.29, 0.717) is 12.8 Å². The van der Waals surface area contributed by atoms with E-state index in [1.807, 2.05) is 30.3 Å². The fourth-order valence-electron chi connectivity index (χ4n) is 2.69. The second kappa shape index (κ2) is 7.56. The average molecular weight is 322 g/mol. The van der Waals surface area contributed by atoms with Crippen LogP contribution in [0.4, 0.5) is 0 Å². The molecule has 1 aliphatic rings. The molecule has 1 aromatic carbocycles. The Bertz CT molecular complexity index is 614. The molecule has 0 aromatic heterocycles. The van der Waals surface area contributed by atoms with Crippen LogP contribution < -0.4 is 10.0 Å². The first-order valence-electron chi connectivity index (χ1n) is 7.45. The average Bonchev–Trinajstić information content (AvgIpc) is 2.92. The maximum Gasteiger partial charge on any atom is 0.243 e. The Morgan fingerprint density at radius 1 is 1.23 bits per heavy atom. The van der Waals surface area contributed by atoms with Crippen molar-refractivity contribution in [2.24, 2.45) is 0 Å². The largest absolute Gasteiger partial charge is 0.350 e. The number of aryl methyl sites for hydroxylation is 1. The molecule has 1 fully saturated rings. The summed E-state index contributed by atoms with van der Waals surface area (Å²) < 4.78 is 27.0. The van der Waals surface area contributed by atoms with E-state index in [9.17, 15) is 13.2 Å². The second-order valence-corrected chi connectivity index (χ2v) is 7.47. The van der Waals surface area contributed by atoms with Crippen molar-refractivity contribution in [1.29, 1.82) is 0 Å². The zero-order valence-corrected chi connectivity index (χ0v) is 13.3. The first-order chi connectivity index (χ1) is 10.5. The van der Waals surface area contributed by atoms with Gasteiger partial charge in [-0.05, 0) is 37.3 Å². The van der Waals surface area contributed by atoms with Gasteiger partial charge in [-0.15, -0.1) is 0 Å². The Morgan fingerprint density at radius 2 is 1.91 bits per heavy atom. The third kappa shape index (κ3) is 5.27. The highest BCUT2D eigenvalue weighted by atomic mass is 32.2. The normalized spacial score (nSPS) is 21.5. The number of rotatable bonds is 7. The number of nitrogens with one attached hydrogen (secondary N) is 2. The van der Waals surface area contributed by atoms with Gasteiger partial charge in [0.2, 0.25) is 15.9 Å². The summed E-state index contributed by atoms with van der Waals surface area (Å²) in [7, 11) is -3.30. The third-order valence-corrected chi connectivity index (χ3v) is 5.25. The molecule has 1 aliphatic carbocycles. The highest BCUT2D eigenvalue weighted by molar-refractivity contribution is 7.89. The molecule has 0 saturated heterocycles. The van der Waals surface area contributed by atoms with Crippen LogP contribution in [0.25, 0.3) is 0 Å². The second-order valence-electron chi connectivity index (χ2n) is 5.59. The van der Waals surface area contributed by atoms with E-state index in [-0.39, 0.29) is 23.7 Å². The minimum atomic E-state index is -3.30. The van der Waals surface area contributed by atoms with Gasteiger partial charge in [0.15, 0.2) is 0 Å². The van der Waals surface area contributed by atoms with Crippen LogP contribution in [0.3, 0.4) is 0 Å². The van der Waals surface area contributed by atoms with E-state index < -0.39 is 10.0 Å². The first kappa shape index (κ1) is 16.7. The molecule has 0 unspecified atom stereocenters. The SMILES string of the molecule is C=CC(=O)N[C@@H]1CC[C@H](NS(=O)(=O)CCc2ccccc2)C1. The maximum absolute atomic E-state index is 12.1. The molecule has 1 amide bonds. The molecule has 5 nitrogen and oxygen atoms in total. The fraction of sp³-hybridized carbons (Fsp3) is 0.438. The van der Waals surface area contributed by atoms with Crippen molar-refractivity contribution in [3.8, 4) is 0 Å². The topological polar surface area (TPSA) is 75.3 Å². The number of sulfonamides is 1. The lowest BCUT2D eigenvalue weighted by Crippen LogP contribution is -2.37. The Labute approximate surface area is 131 Å². The molecule has 6 heteroatoms. The Hall–Kier alpha value is -1.66. The molecule has 2 N–H and O–H groups in total. The quantitative estimate of drug-likeness (QED) is 0.745. The summed E-state index contributed by atoms with van der Waals surface area (Å²) in [6, 6.07) is 9.48. The number of hydrogen-bond acceptors (Lipinski definition) is 3. The first-order valence-corrected chi connectivity index (χ1v) is 9.10. The maximum atomic E-state index is 12.1. The minimum Gasteiger partial charge on any atom is -0.350 e. The van der Waals surface area contributed by atoms with Crippen LogP contribution in [0.1, 0.15) is 24.8 Å². The zero-order chi connectivity index (χ0) is 16.0. The van der Waals surface area contributed by atoms with E-state index in [1.54, 1.807) is 0 Å². The van der Waals surface area contributed by atoms with Crippen molar-refractivity contribution in [3.05, 3.63) is 48.6 Å². The highest BCUT2D eigenvalue weighted by Gasteiger charge is 2.28. The summed E-state index contributed by atoms with van der Waals surface area (Å²) in [6.45, 7) is 3.41. The van der Waals surface area contributed by atoms with Crippen LogP contribution in [-0.2, 0) is 21.2 Å². The summed E-state index contributed by atoms with van der Waals surface area (Å²) in [4.78, 5) is 11.3. The summed E-state index contributed by atoms with van der Waals surface area (Å²) in [5, 5.41) is 2.81. The predicted octanol–water partition coefficient (Wildman–Crippen LogP) is 1.37. The van der Waals surface area contributed by atoms with Crippen LogP contribution in [0, 0.1) is 0 Å². The van der Waals surface area contributed by atoms with Crippen molar-refractivity contribution in [1.82, 2.24) is 10.0 Å². The van der Waals surface area contributed by atoms with E-state index in [4.69, 9.17) is 0 Å². The van der Waals surface area contributed by atoms with Crippen molar-refractivity contribution >= 4 is 15.9 Å². The summed E-state index contributed by atoms with van der Waals surface area (Å²) in [5.41, 5.74) is 1.01. The molecule has 2 rings (SSSR count). The lowest BCUT2D eigenvalue weighted by Gasteiger charge is -2.14. The van der Waals surface area contributed by atoms with Crippen LogP contribution in [0.15, 0.2) is 43.0 Å². The Kier molecular flexibility index (Phi) is 5.74. The van der Waals surface area contributed by atoms with Gasteiger partial charge in [-0.2, -0.15) is 0 Å². The Balaban J connectivity index is 1.80. The monoisotopic (exact) mass is 322 g/mol. The van der Waals surface area contributed by atoms with Gasteiger partial charge in [0, 0.05) is 12.1 Å². The summed E-state index contributed by atoms with van der Waals surface area (Å²) in [5.74, 6) is -0.130. The lowest BCUT2D eigenvalue weighted by atomic mass is 10.2. The Morgan fingerprint density at radius 3 is 2.59 bits per heavy atom. The molecule has 0 bridgehead atoms. The van der Waals surface area contributed by atoms with Crippen molar-refractivity contribution < 1.29 is 13.2 Å². The van der Waals surface area contributed by atoms with E-state index in [2.05, 4.69) is 16.6 Å². The number of hydrogen-bond donors (Lipinski definition) is 2. The van der Waals surface area contributed by atoms with Gasteiger partial charge in [-0.25, -0.2) is 13.1 Å². The van der Waals surface area contributed by atoms with Crippen LogP contribution in [0.2, 0.25) is 0 Å². The van der Waals surface area contributed by atoms with E-state index >= 15 is 0 Å². The molecule has 1 saturated carbocycles. The molecule has 1 aromatic rings. The molecular formula is C16H22N2O3S. The highest BCUT2D eigenvalue weighted by Crippen LogP contribution is 2.20. The molecule has 0 radical (unpaired) electrons. The van der Waals surface area contributed by atoms with E-state index in [0.717, 1.165) is 18.4 Å². The zero-order valence-electron chi connectivity index (χ0n) is 12.5. The molecule has 0 aliphatic heterocycles. The summed E-state index contributed by atoms with van der Waals surface area (Å²) in [6.07, 6.45) is 3.89. The van der Waals surface area contributed by atoms with Gasteiger partial charge in [0.25, 0.3) is 0 Å². The summed E-state index contributed by atoms with van der Waals surface area (Å²) >= 11 is 0. The number of carbonyl (C=O) groups excluding carboxylic acids is 1. The van der Waals surface area contributed by atoms with Crippen molar-refractivity contribution in [2.45, 2.75) is 37.8 Å². The van der Waals surface area contributed by atoms with Gasteiger partial charge in [-0.1, -0.05) is 36.9 Å². The number of benzene rings is 1. The number of carbonyl (C=O) groups is 1. The van der Waals surface area contributed by atoms with Gasteiger partial charge in [-0.3, -0.25) is 4.79 Å². The van der Waals surface area contributed by atoms with Crippen LogP contribution in [0.5, 0.6) is 0 Å². The third-order valence-electron chi connectivity index (χ3n) is 3.81. The fourth-order valence-corrected chi connectivity index (χ4v) is 4.03. The van der Waals surface area contributed by atoms with Gasteiger partial charge < -0.3 is 5.32 Å². The molecular weight excluding hydrogens is 300 g/mol. The van der Waals surface area contributed by atoms with Gasteiger partial charge >= 0.3 is 0 Å². The molecule has 2 atom stereocenters. The minimum absolute atomic E-state index is 0.0207. The van der Waals surface area contributed by atoms with Crippen molar-refractivity contribution in [2.75, 3.05) is 5.75 Å². The van der Waals surface area contributed by atoms with Crippen LogP contribution >= 0.6 is 0 Å². The lowest BCUT2D eigenvalue weighted by molar-refractivity contribution is -0.117. The predicted molar refractivity (Wildman–Crippen MR) is 86.8 cm³/mol. The van der Waals surface area contributed by atoms with Crippen LogP contribution in [-0.4, -0.2) is 32.2 Å². The smallest absolute Gasteiger partial charge is 0.243 e. The molecule has 22 heavy (non-hydrogen) atoms. The standard InChI is InChI=1S/C16H22N2O3S/c1-2-16(19)17-14-8-9-15(12-14)18-22(20,21)11-10-13-6-4-3-5-7-13/h2-7,14-15,18H,1,8-12H2,(H,17,19)/t14-,15+/m1/s1. The van der Waals surface area contributed by atoms with Gasteiger partial charge in [0.05, 0.1) is 5.75 Å². The molecule has 0 spiro atoms. The van der Waals surface area contributed by atoms with E-state index in [1.165, 1.54) is 6.08 Å². The molecule has 0 heterocycles.